The molecule has 0 saturated carbocycles. The van der Waals surface area contributed by atoms with Crippen LogP contribution in [-0.4, -0.2) is 14.9 Å². The molecule has 19 heavy (non-hydrogen) atoms. The standard InChI is InChI=1S/C6H7O4P.C6H6O.Fe/c7-11(8,9)10-6-4-2-1-3-5-6;7-6-4-2-1-3-5-6;/h1-5H,(H2,7,8,9);1-5,7H;. The minimum absolute atomic E-state index is 0. The molecule has 7 heteroatoms. The molecule has 0 unspecified atom stereocenters. The van der Waals surface area contributed by atoms with Crippen molar-refractivity contribution in [3.63, 3.8) is 0 Å². The van der Waals surface area contributed by atoms with E-state index in [1.807, 2.05) is 6.07 Å². The molecule has 0 saturated heterocycles. The Morgan fingerprint density at radius 2 is 1.26 bits per heavy atom. The van der Waals surface area contributed by atoms with Crippen molar-refractivity contribution in [3.05, 3.63) is 60.7 Å². The Bertz CT molecular complexity index is 500. The average Bonchev–Trinajstić information content (AvgIpc) is 2.30. The molecule has 3 N–H and O–H groups in total. The summed E-state index contributed by atoms with van der Waals surface area (Å²) >= 11 is 0. The molecule has 0 aliphatic rings. The van der Waals surface area contributed by atoms with E-state index in [0.717, 1.165) is 0 Å². The molecular weight excluding hydrogens is 311 g/mol. The van der Waals surface area contributed by atoms with Crippen molar-refractivity contribution in [3.8, 4) is 11.5 Å². The average molecular weight is 324 g/mol. The summed E-state index contributed by atoms with van der Waals surface area (Å²) in [7, 11) is -4.39. The van der Waals surface area contributed by atoms with Crippen molar-refractivity contribution in [1.82, 2.24) is 0 Å². The van der Waals surface area contributed by atoms with Gasteiger partial charge < -0.3 is 9.63 Å². The van der Waals surface area contributed by atoms with Crippen LogP contribution in [0.15, 0.2) is 60.7 Å². The number of phosphoric acid groups is 1. The van der Waals surface area contributed by atoms with E-state index in [0.29, 0.717) is 5.75 Å². The smallest absolute Gasteiger partial charge is 0.508 e. The molecule has 5 nitrogen and oxygen atoms in total. The maximum absolute atomic E-state index is 10.3. The first-order valence-electron chi connectivity index (χ1n) is 5.01. The van der Waals surface area contributed by atoms with E-state index in [1.165, 1.54) is 12.1 Å². The van der Waals surface area contributed by atoms with Gasteiger partial charge in [0.25, 0.3) is 0 Å². The van der Waals surface area contributed by atoms with Gasteiger partial charge in [0.05, 0.1) is 0 Å². The molecule has 0 amide bonds. The number of benzene rings is 2. The minimum Gasteiger partial charge on any atom is -0.508 e. The zero-order chi connectivity index (χ0) is 13.4. The molecule has 0 fully saturated rings. The number of phenols is 1. The Morgan fingerprint density at radius 1 is 0.842 bits per heavy atom. The summed E-state index contributed by atoms with van der Waals surface area (Å²) in [5.74, 6) is 0.489. The third kappa shape index (κ3) is 9.31. The SMILES string of the molecule is O=P(O)(O)Oc1ccccc1.Oc1ccccc1.[Fe]. The molecule has 0 atom stereocenters. The number of hydrogen-bond acceptors (Lipinski definition) is 3. The number of hydrogen-bond donors (Lipinski definition) is 3. The van der Waals surface area contributed by atoms with Crippen LogP contribution in [0.3, 0.4) is 0 Å². The Kier molecular flexibility index (Phi) is 8.16. The Morgan fingerprint density at radius 3 is 1.58 bits per heavy atom. The van der Waals surface area contributed by atoms with E-state index in [-0.39, 0.29) is 22.8 Å². The number of aromatic hydroxyl groups is 1. The van der Waals surface area contributed by atoms with E-state index in [1.54, 1.807) is 42.5 Å². The monoisotopic (exact) mass is 324 g/mol. The zero-order valence-corrected chi connectivity index (χ0v) is 11.7. The molecule has 2 rings (SSSR count). The molecule has 0 spiro atoms. The van der Waals surface area contributed by atoms with Crippen LogP contribution >= 0.6 is 7.82 Å². The first kappa shape index (κ1) is 17.7. The van der Waals surface area contributed by atoms with Gasteiger partial charge in [-0.2, -0.15) is 0 Å². The molecule has 2 aromatic rings. The molecular formula is C12H13FeO5P. The Labute approximate surface area is 121 Å². The van der Waals surface area contributed by atoms with Gasteiger partial charge in [-0.3, -0.25) is 9.79 Å². The maximum Gasteiger partial charge on any atom is 0.524 e. The largest absolute Gasteiger partial charge is 0.524 e. The van der Waals surface area contributed by atoms with Crippen LogP contribution in [0.1, 0.15) is 0 Å². The molecule has 0 heterocycles. The van der Waals surface area contributed by atoms with E-state index in [2.05, 4.69) is 4.52 Å². The van der Waals surface area contributed by atoms with Crippen LogP contribution in [-0.2, 0) is 21.6 Å². The van der Waals surface area contributed by atoms with Crippen LogP contribution < -0.4 is 4.52 Å². The second-order valence-corrected chi connectivity index (χ2v) is 4.39. The third-order valence-corrected chi connectivity index (χ3v) is 2.17. The number of phenolic OH excluding ortho intramolecular Hbond substituents is 1. The van der Waals surface area contributed by atoms with E-state index < -0.39 is 7.82 Å². The molecule has 0 bridgehead atoms. The number of rotatable bonds is 2. The van der Waals surface area contributed by atoms with Crippen LogP contribution in [0.2, 0.25) is 0 Å². The summed E-state index contributed by atoms with van der Waals surface area (Å²) in [6, 6.07) is 16.6. The Balaban J connectivity index is 0.000000352. The van der Waals surface area contributed by atoms with Gasteiger partial charge in [-0.1, -0.05) is 36.4 Å². The molecule has 104 valence electrons. The van der Waals surface area contributed by atoms with Gasteiger partial charge >= 0.3 is 7.82 Å². The predicted molar refractivity (Wildman–Crippen MR) is 67.2 cm³/mol. The molecule has 0 radical (unpaired) electrons. The first-order chi connectivity index (χ1) is 8.47. The van der Waals surface area contributed by atoms with E-state index >= 15 is 0 Å². The van der Waals surface area contributed by atoms with E-state index in [4.69, 9.17) is 14.9 Å². The van der Waals surface area contributed by atoms with Crippen molar-refractivity contribution in [1.29, 1.82) is 0 Å². The second kappa shape index (κ2) is 8.75. The second-order valence-electron chi connectivity index (χ2n) is 3.23. The van der Waals surface area contributed by atoms with Crippen LogP contribution in [0, 0.1) is 0 Å². The van der Waals surface area contributed by atoms with Crippen molar-refractivity contribution < 1.29 is 41.1 Å². The fraction of sp³-hybridized carbons (Fsp3) is 0. The van der Waals surface area contributed by atoms with Gasteiger partial charge in [0.15, 0.2) is 0 Å². The quantitative estimate of drug-likeness (QED) is 0.584. The van der Waals surface area contributed by atoms with Crippen molar-refractivity contribution in [2.45, 2.75) is 0 Å². The van der Waals surface area contributed by atoms with Crippen LogP contribution in [0.5, 0.6) is 11.5 Å². The van der Waals surface area contributed by atoms with Gasteiger partial charge in [0, 0.05) is 17.1 Å². The van der Waals surface area contributed by atoms with Crippen molar-refractivity contribution in [2.75, 3.05) is 0 Å². The summed E-state index contributed by atoms with van der Waals surface area (Å²) in [5.41, 5.74) is 0. The maximum atomic E-state index is 10.3. The number of phosphoric ester groups is 1. The summed E-state index contributed by atoms with van der Waals surface area (Å²) < 4.78 is 14.5. The van der Waals surface area contributed by atoms with Crippen molar-refractivity contribution >= 4 is 7.82 Å². The zero-order valence-electron chi connectivity index (χ0n) is 9.73. The normalized spacial score (nSPS) is 9.58. The van der Waals surface area contributed by atoms with Gasteiger partial charge in [-0.05, 0) is 24.3 Å². The van der Waals surface area contributed by atoms with Crippen molar-refractivity contribution in [2.24, 2.45) is 0 Å². The number of para-hydroxylation sites is 2. The third-order valence-electron chi connectivity index (χ3n) is 1.72. The summed E-state index contributed by atoms with van der Waals surface area (Å²) in [5, 5.41) is 8.63. The summed E-state index contributed by atoms with van der Waals surface area (Å²) in [6.45, 7) is 0. The van der Waals surface area contributed by atoms with Gasteiger partial charge in [-0.25, -0.2) is 4.57 Å². The molecule has 0 aliphatic heterocycles. The van der Waals surface area contributed by atoms with Gasteiger partial charge in [0.1, 0.15) is 11.5 Å². The molecule has 0 aliphatic carbocycles. The summed E-state index contributed by atoms with van der Waals surface area (Å²) in [6.07, 6.45) is 0. The summed E-state index contributed by atoms with van der Waals surface area (Å²) in [4.78, 5) is 16.7. The molecule has 0 aromatic heterocycles. The fourth-order valence-corrected chi connectivity index (χ4v) is 1.44. The van der Waals surface area contributed by atoms with E-state index in [9.17, 15) is 4.57 Å². The van der Waals surface area contributed by atoms with Crippen LogP contribution in [0.25, 0.3) is 0 Å². The predicted octanol–water partition coefficient (Wildman–Crippen LogP) is 2.55. The van der Waals surface area contributed by atoms with Gasteiger partial charge in [-0.15, -0.1) is 0 Å². The van der Waals surface area contributed by atoms with Crippen LogP contribution in [0.4, 0.5) is 0 Å². The minimum atomic E-state index is -4.39. The topological polar surface area (TPSA) is 87.0 Å². The molecule has 2 aromatic carbocycles. The van der Waals surface area contributed by atoms with Gasteiger partial charge in [0.2, 0.25) is 0 Å². The first-order valence-corrected chi connectivity index (χ1v) is 6.54. The Hall–Kier alpha value is -1.29. The fourth-order valence-electron chi connectivity index (χ4n) is 1.05.